The normalized spacial score (nSPS) is 16.0. The topological polar surface area (TPSA) is 17.1 Å². The van der Waals surface area contributed by atoms with Gasteiger partial charge in [-0.2, -0.15) is 0 Å². The summed E-state index contributed by atoms with van der Waals surface area (Å²) in [5.74, 6) is 0. The summed E-state index contributed by atoms with van der Waals surface area (Å²) >= 11 is 1.56. The molecule has 0 aliphatic carbocycles. The van der Waals surface area contributed by atoms with Crippen molar-refractivity contribution in [3.8, 4) is 0 Å². The third-order valence-corrected chi connectivity index (χ3v) is 4.05. The van der Waals surface area contributed by atoms with Crippen LogP contribution in [0.4, 0.5) is 0 Å². The molecule has 0 saturated carbocycles. The van der Waals surface area contributed by atoms with Crippen LogP contribution in [0, 0.1) is 0 Å². The largest absolute Gasteiger partial charge is 0.316 e. The van der Waals surface area contributed by atoms with Gasteiger partial charge in [0.05, 0.1) is 0 Å². The molecule has 1 atom stereocenters. The highest BCUT2D eigenvalue weighted by atomic mass is 32.7. The van der Waals surface area contributed by atoms with Gasteiger partial charge in [0.25, 0.3) is 0 Å². The van der Waals surface area contributed by atoms with E-state index < -0.39 is 7.00 Å². The molecule has 3 heteroatoms. The molecule has 8 heavy (non-hydrogen) atoms. The van der Waals surface area contributed by atoms with Gasteiger partial charge in [-0.15, -0.1) is 0 Å². The van der Waals surface area contributed by atoms with Crippen LogP contribution < -0.4 is 0 Å². The first-order valence-electron chi connectivity index (χ1n) is 2.61. The van der Waals surface area contributed by atoms with E-state index in [0.29, 0.717) is 0 Å². The van der Waals surface area contributed by atoms with Crippen LogP contribution in [0.1, 0.15) is 20.8 Å². The van der Waals surface area contributed by atoms with Crippen molar-refractivity contribution >= 4 is 18.4 Å². The minimum Gasteiger partial charge on any atom is -0.316 e. The minimum atomic E-state index is -1.33. The van der Waals surface area contributed by atoms with Crippen LogP contribution in [-0.2, 0) is 4.57 Å². The van der Waals surface area contributed by atoms with Crippen LogP contribution in [0.5, 0.6) is 0 Å². The van der Waals surface area contributed by atoms with Gasteiger partial charge in [-0.05, 0) is 6.66 Å². The van der Waals surface area contributed by atoms with Crippen LogP contribution in [0.25, 0.3) is 0 Å². The van der Waals surface area contributed by atoms with Crippen LogP contribution in [0.3, 0.4) is 0 Å². The Hall–Kier alpha value is 0.580. The molecule has 1 unspecified atom stereocenters. The lowest BCUT2D eigenvalue weighted by Gasteiger charge is -2.14. The second-order valence-electron chi connectivity index (χ2n) is 2.71. The predicted molar refractivity (Wildman–Crippen MR) is 42.3 cm³/mol. The zero-order chi connectivity index (χ0) is 6.78. The van der Waals surface area contributed by atoms with Gasteiger partial charge in [-0.3, -0.25) is 0 Å². The molecule has 50 valence electrons. The van der Waals surface area contributed by atoms with Gasteiger partial charge in [0, 0.05) is 4.75 Å². The summed E-state index contributed by atoms with van der Waals surface area (Å²) in [6.07, 6.45) is 0. The molecule has 0 saturated heterocycles. The summed E-state index contributed by atoms with van der Waals surface area (Å²) in [6, 6.07) is 0. The number of hydrogen-bond acceptors (Lipinski definition) is 2. The maximum Gasteiger partial charge on any atom is 0.125 e. The Bertz CT molecular complexity index is 95.1. The first-order chi connectivity index (χ1) is 3.42. The summed E-state index contributed by atoms with van der Waals surface area (Å²) in [5, 5.41) is 0. The van der Waals surface area contributed by atoms with Crippen LogP contribution in [0.2, 0.25) is 0 Å². The van der Waals surface area contributed by atoms with Gasteiger partial charge < -0.3 is 4.57 Å². The summed E-state index contributed by atoms with van der Waals surface area (Å²) in [4.78, 5) is 0. The Morgan fingerprint density at radius 3 is 1.75 bits per heavy atom. The van der Waals surface area contributed by atoms with E-state index in [1.165, 1.54) is 0 Å². The molecule has 0 aliphatic rings. The number of hydrogen-bond donors (Lipinski definition) is 0. The second kappa shape index (κ2) is 2.93. The molecule has 0 aliphatic heterocycles. The van der Waals surface area contributed by atoms with Crippen molar-refractivity contribution in [1.82, 2.24) is 0 Å². The maximum atomic E-state index is 10.6. The molecule has 0 aromatic carbocycles. The monoisotopic (exact) mass is 152 g/mol. The molecular weight excluding hydrogens is 139 g/mol. The molecule has 0 rings (SSSR count). The molecule has 0 spiro atoms. The van der Waals surface area contributed by atoms with Crippen LogP contribution in [0.15, 0.2) is 0 Å². The van der Waals surface area contributed by atoms with Crippen molar-refractivity contribution in [2.45, 2.75) is 25.5 Å². The average Bonchev–Trinajstić information content (AvgIpc) is 1.21. The van der Waals surface area contributed by atoms with E-state index in [0.717, 1.165) is 0 Å². The lowest BCUT2D eigenvalue weighted by atomic mass is 10.3. The Kier molecular flexibility index (Phi) is 3.14. The SMILES string of the molecule is C[PH](=O)SC(C)(C)C. The zero-order valence-corrected chi connectivity index (χ0v) is 7.63. The summed E-state index contributed by atoms with van der Waals surface area (Å²) in [5.41, 5.74) is 0. The highest BCUT2D eigenvalue weighted by Gasteiger charge is 2.11. The molecular formula is C5H13OPS. The first-order valence-corrected chi connectivity index (χ1v) is 6.06. The lowest BCUT2D eigenvalue weighted by molar-refractivity contribution is 0.598. The van der Waals surface area contributed by atoms with Crippen LogP contribution in [-0.4, -0.2) is 11.4 Å². The fourth-order valence-electron chi connectivity index (χ4n) is 0.431. The van der Waals surface area contributed by atoms with Crippen molar-refractivity contribution < 1.29 is 4.57 Å². The van der Waals surface area contributed by atoms with E-state index in [4.69, 9.17) is 0 Å². The Morgan fingerprint density at radius 2 is 1.75 bits per heavy atom. The Morgan fingerprint density at radius 1 is 1.38 bits per heavy atom. The fourth-order valence-corrected chi connectivity index (χ4v) is 3.88. The van der Waals surface area contributed by atoms with Crippen LogP contribution >= 0.6 is 18.4 Å². The lowest BCUT2D eigenvalue weighted by Crippen LogP contribution is -2.03. The number of rotatable bonds is 1. The van der Waals surface area contributed by atoms with E-state index in [1.807, 2.05) is 0 Å². The molecule has 1 nitrogen and oxygen atoms in total. The van der Waals surface area contributed by atoms with Gasteiger partial charge >= 0.3 is 0 Å². The van der Waals surface area contributed by atoms with E-state index in [2.05, 4.69) is 20.8 Å². The van der Waals surface area contributed by atoms with Gasteiger partial charge in [0.15, 0.2) is 0 Å². The third-order valence-electron chi connectivity index (χ3n) is 0.450. The molecule has 0 N–H and O–H groups in total. The van der Waals surface area contributed by atoms with E-state index >= 15 is 0 Å². The Balaban J connectivity index is 3.55. The second-order valence-corrected chi connectivity index (χ2v) is 7.46. The zero-order valence-electron chi connectivity index (χ0n) is 5.82. The molecule has 0 bridgehead atoms. The van der Waals surface area contributed by atoms with Crippen molar-refractivity contribution in [3.05, 3.63) is 0 Å². The van der Waals surface area contributed by atoms with Crippen molar-refractivity contribution in [2.24, 2.45) is 0 Å². The molecule has 0 radical (unpaired) electrons. The summed E-state index contributed by atoms with van der Waals surface area (Å²) < 4.78 is 10.8. The molecule has 0 heterocycles. The van der Waals surface area contributed by atoms with Crippen molar-refractivity contribution in [1.29, 1.82) is 0 Å². The maximum absolute atomic E-state index is 10.6. The molecule has 0 aromatic heterocycles. The standard InChI is InChI=1S/C5H13OPS/c1-5(2,3)8-7(4)6/h7H,1-4H3. The van der Waals surface area contributed by atoms with E-state index in [9.17, 15) is 4.57 Å². The summed E-state index contributed by atoms with van der Waals surface area (Å²) in [7, 11) is -1.33. The predicted octanol–water partition coefficient (Wildman–Crippen LogP) is 2.62. The van der Waals surface area contributed by atoms with Gasteiger partial charge in [0.2, 0.25) is 0 Å². The van der Waals surface area contributed by atoms with E-state index in [1.54, 1.807) is 18.0 Å². The average molecular weight is 152 g/mol. The molecule has 0 aromatic rings. The third kappa shape index (κ3) is 6.58. The highest BCUT2D eigenvalue weighted by Crippen LogP contribution is 2.43. The highest BCUT2D eigenvalue weighted by molar-refractivity contribution is 8.52. The molecule has 0 amide bonds. The van der Waals surface area contributed by atoms with Gasteiger partial charge in [0.1, 0.15) is 7.00 Å². The quantitative estimate of drug-likeness (QED) is 0.537. The first kappa shape index (κ1) is 8.58. The minimum absolute atomic E-state index is 0.171. The van der Waals surface area contributed by atoms with Crippen molar-refractivity contribution in [2.75, 3.05) is 6.66 Å². The Labute approximate surface area is 55.8 Å². The fraction of sp³-hybridized carbons (Fsp3) is 1.00. The van der Waals surface area contributed by atoms with E-state index in [-0.39, 0.29) is 4.75 Å². The smallest absolute Gasteiger partial charge is 0.125 e. The van der Waals surface area contributed by atoms with Crippen molar-refractivity contribution in [3.63, 3.8) is 0 Å². The van der Waals surface area contributed by atoms with Gasteiger partial charge in [-0.1, -0.05) is 32.2 Å². The van der Waals surface area contributed by atoms with Gasteiger partial charge in [-0.25, -0.2) is 0 Å². The summed E-state index contributed by atoms with van der Waals surface area (Å²) in [6.45, 7) is 8.00. The molecule has 0 fully saturated rings.